The molecule has 2 aliphatic rings. The minimum absolute atomic E-state index is 0.0560. The second-order valence-corrected chi connectivity index (χ2v) is 9.27. The normalized spacial score (nSPS) is 17.2. The van der Waals surface area contributed by atoms with Gasteiger partial charge in [0.05, 0.1) is 17.9 Å². The molecule has 2 aliphatic heterocycles. The van der Waals surface area contributed by atoms with Crippen LogP contribution in [0.25, 0.3) is 0 Å². The highest BCUT2D eigenvalue weighted by Gasteiger charge is 2.42. The summed E-state index contributed by atoms with van der Waals surface area (Å²) in [5, 5.41) is 6.02. The van der Waals surface area contributed by atoms with E-state index in [1.54, 1.807) is 12.1 Å². The first-order valence-electron chi connectivity index (χ1n) is 11.4. The van der Waals surface area contributed by atoms with E-state index in [0.29, 0.717) is 22.3 Å². The van der Waals surface area contributed by atoms with Crippen LogP contribution in [0.1, 0.15) is 37.8 Å². The number of carbonyl (C=O) groups excluding carboxylic acids is 3. The summed E-state index contributed by atoms with van der Waals surface area (Å²) in [7, 11) is 0. The zero-order valence-electron chi connectivity index (χ0n) is 19.5. The molecule has 8 nitrogen and oxygen atoms in total. The Kier molecular flexibility index (Phi) is 7.60. The zero-order valence-corrected chi connectivity index (χ0v) is 20.3. The lowest BCUT2D eigenvalue weighted by molar-refractivity contribution is -0.128. The van der Waals surface area contributed by atoms with E-state index in [2.05, 4.69) is 20.6 Å². The Balaban J connectivity index is 1.46. The molecular formula is C25H26FN5O3S. The van der Waals surface area contributed by atoms with Crippen molar-refractivity contribution in [3.63, 3.8) is 0 Å². The van der Waals surface area contributed by atoms with Crippen LogP contribution < -0.4 is 10.6 Å². The third kappa shape index (κ3) is 5.76. The van der Waals surface area contributed by atoms with Crippen LogP contribution in [-0.2, 0) is 20.9 Å². The number of nitrogens with one attached hydrogen (secondary N) is 2. The van der Waals surface area contributed by atoms with Crippen molar-refractivity contribution in [3.8, 4) is 0 Å². The number of halogens is 1. The average molecular weight is 496 g/mol. The number of fused-ring (bicyclic) bond motifs is 3. The number of thioether (sulfide) groups is 1. The number of benzene rings is 2. The van der Waals surface area contributed by atoms with Crippen molar-refractivity contribution in [1.82, 2.24) is 15.5 Å². The van der Waals surface area contributed by atoms with Gasteiger partial charge in [0.1, 0.15) is 17.7 Å². The van der Waals surface area contributed by atoms with E-state index in [-0.39, 0.29) is 48.3 Å². The smallest absolute Gasteiger partial charge is 0.259 e. The van der Waals surface area contributed by atoms with E-state index in [0.717, 1.165) is 23.7 Å². The SMILES string of the molecule is CC[C@@H](C)NC(=O)CSC1=Nc2ccccc2C2=N[C@@H](CC(=O)NCc3ccc(F)cc3)C(=O)N12. The quantitative estimate of drug-likeness (QED) is 0.587. The Bertz CT molecular complexity index is 1200. The van der Waals surface area contributed by atoms with Crippen molar-refractivity contribution >= 4 is 46.2 Å². The molecule has 0 radical (unpaired) electrons. The van der Waals surface area contributed by atoms with Gasteiger partial charge in [-0.2, -0.15) is 0 Å². The largest absolute Gasteiger partial charge is 0.353 e. The lowest BCUT2D eigenvalue weighted by Crippen LogP contribution is -2.42. The van der Waals surface area contributed by atoms with Crippen molar-refractivity contribution in [2.24, 2.45) is 9.98 Å². The highest BCUT2D eigenvalue weighted by Crippen LogP contribution is 2.34. The van der Waals surface area contributed by atoms with E-state index < -0.39 is 6.04 Å². The van der Waals surface area contributed by atoms with Crippen LogP contribution in [0, 0.1) is 5.82 Å². The standard InChI is InChI=1S/C25H26FN5O3S/c1-3-15(2)28-22(33)14-35-25-30-19-7-5-4-6-18(19)23-29-20(24(34)31(23)25)12-21(32)27-13-16-8-10-17(26)11-9-16/h4-11,15,20H,3,12-14H2,1-2H3,(H,27,32)(H,28,33)/t15-,20+/m1/s1. The van der Waals surface area contributed by atoms with E-state index in [1.165, 1.54) is 17.0 Å². The topological polar surface area (TPSA) is 103 Å². The maximum absolute atomic E-state index is 13.3. The van der Waals surface area contributed by atoms with Gasteiger partial charge in [-0.05, 0) is 43.2 Å². The van der Waals surface area contributed by atoms with Crippen molar-refractivity contribution in [2.75, 3.05) is 5.75 Å². The predicted molar refractivity (Wildman–Crippen MR) is 134 cm³/mol. The number of hydrogen-bond acceptors (Lipinski definition) is 6. The number of hydrogen-bond donors (Lipinski definition) is 2. The van der Waals surface area contributed by atoms with Gasteiger partial charge in [-0.15, -0.1) is 0 Å². The lowest BCUT2D eigenvalue weighted by atomic mass is 10.1. The van der Waals surface area contributed by atoms with Crippen molar-refractivity contribution in [3.05, 3.63) is 65.5 Å². The monoisotopic (exact) mass is 495 g/mol. The first kappa shape index (κ1) is 24.6. The van der Waals surface area contributed by atoms with Gasteiger partial charge >= 0.3 is 0 Å². The van der Waals surface area contributed by atoms with Crippen LogP contribution in [0.3, 0.4) is 0 Å². The molecule has 0 unspecified atom stereocenters. The first-order valence-corrected chi connectivity index (χ1v) is 12.4. The molecular weight excluding hydrogens is 469 g/mol. The van der Waals surface area contributed by atoms with Crippen molar-refractivity contribution < 1.29 is 18.8 Å². The molecule has 2 aromatic rings. The van der Waals surface area contributed by atoms with Crippen LogP contribution in [0.2, 0.25) is 0 Å². The molecule has 182 valence electrons. The summed E-state index contributed by atoms with van der Waals surface area (Å²) in [6.07, 6.45) is 0.686. The van der Waals surface area contributed by atoms with Crippen molar-refractivity contribution in [2.45, 2.75) is 45.3 Å². The summed E-state index contributed by atoms with van der Waals surface area (Å²) >= 11 is 1.16. The second-order valence-electron chi connectivity index (χ2n) is 8.33. The Morgan fingerprint density at radius 3 is 2.63 bits per heavy atom. The van der Waals surface area contributed by atoms with Gasteiger partial charge < -0.3 is 10.6 Å². The van der Waals surface area contributed by atoms with Crippen LogP contribution in [0.5, 0.6) is 0 Å². The van der Waals surface area contributed by atoms with Crippen LogP contribution in [-0.4, -0.2) is 51.5 Å². The molecule has 0 aliphatic carbocycles. The summed E-state index contributed by atoms with van der Waals surface area (Å²) in [5.74, 6) is -0.665. The Morgan fingerprint density at radius 2 is 1.89 bits per heavy atom. The fraction of sp³-hybridized carbons (Fsp3) is 0.320. The third-order valence-electron chi connectivity index (χ3n) is 5.68. The van der Waals surface area contributed by atoms with Gasteiger partial charge in [-0.3, -0.25) is 19.4 Å². The zero-order chi connectivity index (χ0) is 24.9. The fourth-order valence-electron chi connectivity index (χ4n) is 3.63. The summed E-state index contributed by atoms with van der Waals surface area (Å²) in [5.41, 5.74) is 2.10. The molecule has 2 N–H and O–H groups in total. The van der Waals surface area contributed by atoms with Gasteiger partial charge in [0.2, 0.25) is 11.8 Å². The summed E-state index contributed by atoms with van der Waals surface area (Å²) in [6.45, 7) is 4.14. The summed E-state index contributed by atoms with van der Waals surface area (Å²) in [6, 6.07) is 12.3. The predicted octanol–water partition coefficient (Wildman–Crippen LogP) is 3.14. The number of rotatable bonds is 8. The molecule has 0 spiro atoms. The van der Waals surface area contributed by atoms with Crippen LogP contribution >= 0.6 is 11.8 Å². The van der Waals surface area contributed by atoms with Crippen LogP contribution in [0.15, 0.2) is 58.5 Å². The number of aliphatic imine (C=N–C) groups is 2. The molecule has 2 atom stereocenters. The fourth-order valence-corrected chi connectivity index (χ4v) is 4.44. The average Bonchev–Trinajstić information content (AvgIpc) is 3.18. The number of amides is 3. The molecule has 4 rings (SSSR count). The summed E-state index contributed by atoms with van der Waals surface area (Å²) < 4.78 is 13.1. The maximum Gasteiger partial charge on any atom is 0.259 e. The molecule has 2 aromatic carbocycles. The molecule has 0 saturated heterocycles. The molecule has 10 heteroatoms. The second kappa shape index (κ2) is 10.8. The summed E-state index contributed by atoms with van der Waals surface area (Å²) in [4.78, 5) is 48.7. The Morgan fingerprint density at radius 1 is 1.14 bits per heavy atom. The molecule has 0 bridgehead atoms. The highest BCUT2D eigenvalue weighted by atomic mass is 32.2. The van der Waals surface area contributed by atoms with Gasteiger partial charge in [-0.1, -0.05) is 43.0 Å². The van der Waals surface area contributed by atoms with Gasteiger partial charge in [0.25, 0.3) is 5.91 Å². The van der Waals surface area contributed by atoms with Crippen LogP contribution in [0.4, 0.5) is 10.1 Å². The number of nitrogens with zero attached hydrogens (tertiary/aromatic N) is 3. The number of para-hydroxylation sites is 1. The minimum Gasteiger partial charge on any atom is -0.353 e. The molecule has 0 saturated carbocycles. The van der Waals surface area contributed by atoms with E-state index in [1.807, 2.05) is 38.1 Å². The number of amidine groups is 2. The van der Waals surface area contributed by atoms with Crippen molar-refractivity contribution in [1.29, 1.82) is 0 Å². The molecule has 3 amide bonds. The van der Waals surface area contributed by atoms with Gasteiger partial charge in [0.15, 0.2) is 5.17 Å². The third-order valence-corrected chi connectivity index (χ3v) is 6.62. The highest BCUT2D eigenvalue weighted by molar-refractivity contribution is 8.14. The van der Waals surface area contributed by atoms with Gasteiger partial charge in [-0.25, -0.2) is 14.3 Å². The number of carbonyl (C=O) groups is 3. The van der Waals surface area contributed by atoms with E-state index >= 15 is 0 Å². The minimum atomic E-state index is -0.899. The maximum atomic E-state index is 13.3. The van der Waals surface area contributed by atoms with Gasteiger partial charge in [0, 0.05) is 18.2 Å². The van der Waals surface area contributed by atoms with E-state index in [9.17, 15) is 18.8 Å². The Labute approximate surface area is 207 Å². The molecule has 2 heterocycles. The molecule has 0 aromatic heterocycles. The Hall–Kier alpha value is -3.53. The first-order chi connectivity index (χ1) is 16.9. The molecule has 35 heavy (non-hydrogen) atoms. The lowest BCUT2D eigenvalue weighted by Gasteiger charge is -2.25. The molecule has 0 fully saturated rings. The van der Waals surface area contributed by atoms with E-state index in [4.69, 9.17) is 0 Å².